The quantitative estimate of drug-likeness (QED) is 0.609. The molecule has 1 amide bonds. The van der Waals surface area contributed by atoms with Crippen molar-refractivity contribution in [1.29, 1.82) is 0 Å². The van der Waals surface area contributed by atoms with E-state index in [1.807, 2.05) is 50.2 Å². The molecule has 1 N–H and O–H groups in total. The summed E-state index contributed by atoms with van der Waals surface area (Å²) in [5, 5.41) is 3.38. The van der Waals surface area contributed by atoms with E-state index in [1.165, 1.54) is 4.40 Å². The van der Waals surface area contributed by atoms with E-state index in [2.05, 4.69) is 10.3 Å². The van der Waals surface area contributed by atoms with Crippen molar-refractivity contribution in [3.63, 3.8) is 0 Å². The van der Waals surface area contributed by atoms with Gasteiger partial charge in [-0.25, -0.2) is 4.98 Å². The van der Waals surface area contributed by atoms with Crippen LogP contribution in [0.1, 0.15) is 28.5 Å². The number of amides is 1. The molecule has 0 aliphatic heterocycles. The molecular formula is C21H20N4O2. The van der Waals surface area contributed by atoms with Gasteiger partial charge in [0.1, 0.15) is 17.0 Å². The second kappa shape index (κ2) is 6.39. The van der Waals surface area contributed by atoms with Gasteiger partial charge in [0.05, 0.1) is 5.39 Å². The fourth-order valence-corrected chi connectivity index (χ4v) is 3.38. The minimum absolute atomic E-state index is 0.178. The summed E-state index contributed by atoms with van der Waals surface area (Å²) < 4.78 is 3.19. The molecule has 1 aromatic carbocycles. The van der Waals surface area contributed by atoms with Crippen LogP contribution in [0.15, 0.2) is 53.5 Å². The first-order valence-corrected chi connectivity index (χ1v) is 8.88. The molecule has 0 unspecified atom stereocenters. The standard InChI is InChI=1S/C21H20N4O2/c1-4-14-9-5-6-10-16(14)22-20(26)17-12-15-19(24(17)3)23-18-13(2)8-7-11-25(18)21(15)27/h5-12H,4H2,1-3H3,(H,22,26). The van der Waals surface area contributed by atoms with Gasteiger partial charge in [-0.05, 0) is 42.7 Å². The van der Waals surface area contributed by atoms with Crippen LogP contribution in [0.2, 0.25) is 0 Å². The van der Waals surface area contributed by atoms with Crippen molar-refractivity contribution in [2.24, 2.45) is 7.05 Å². The Morgan fingerprint density at radius 2 is 1.93 bits per heavy atom. The largest absolute Gasteiger partial charge is 0.324 e. The van der Waals surface area contributed by atoms with Crippen molar-refractivity contribution in [2.45, 2.75) is 20.3 Å². The summed E-state index contributed by atoms with van der Waals surface area (Å²) in [7, 11) is 1.75. The van der Waals surface area contributed by atoms with Crippen molar-refractivity contribution in [2.75, 3.05) is 5.32 Å². The number of nitrogens with zero attached hydrogens (tertiary/aromatic N) is 3. The van der Waals surface area contributed by atoms with Crippen LogP contribution >= 0.6 is 0 Å². The highest BCUT2D eigenvalue weighted by Gasteiger charge is 2.18. The molecule has 0 bridgehead atoms. The van der Waals surface area contributed by atoms with E-state index in [0.29, 0.717) is 22.4 Å². The lowest BCUT2D eigenvalue weighted by Gasteiger charge is -2.10. The molecule has 0 fully saturated rings. The van der Waals surface area contributed by atoms with Gasteiger partial charge in [-0.1, -0.05) is 31.2 Å². The molecule has 27 heavy (non-hydrogen) atoms. The van der Waals surface area contributed by atoms with Gasteiger partial charge < -0.3 is 9.88 Å². The van der Waals surface area contributed by atoms with Crippen LogP contribution in [0.4, 0.5) is 5.69 Å². The highest BCUT2D eigenvalue weighted by molar-refractivity contribution is 6.06. The third-order valence-corrected chi connectivity index (χ3v) is 4.90. The number of rotatable bonds is 3. The van der Waals surface area contributed by atoms with Gasteiger partial charge in [-0.3, -0.25) is 14.0 Å². The van der Waals surface area contributed by atoms with E-state index in [1.54, 1.807) is 23.9 Å². The number of aryl methyl sites for hydroxylation is 3. The van der Waals surface area contributed by atoms with Crippen LogP contribution in [0, 0.1) is 6.92 Å². The summed E-state index contributed by atoms with van der Waals surface area (Å²) in [6.07, 6.45) is 2.51. The van der Waals surface area contributed by atoms with E-state index >= 15 is 0 Å². The molecule has 0 spiro atoms. The van der Waals surface area contributed by atoms with Gasteiger partial charge in [-0.15, -0.1) is 0 Å². The molecule has 3 aromatic heterocycles. The Labute approximate surface area is 156 Å². The molecule has 0 radical (unpaired) electrons. The van der Waals surface area contributed by atoms with Crippen LogP contribution in [0.3, 0.4) is 0 Å². The molecule has 6 nitrogen and oxygen atoms in total. The van der Waals surface area contributed by atoms with E-state index in [9.17, 15) is 9.59 Å². The second-order valence-corrected chi connectivity index (χ2v) is 6.59. The number of nitrogens with one attached hydrogen (secondary N) is 1. The number of hydrogen-bond donors (Lipinski definition) is 1. The van der Waals surface area contributed by atoms with E-state index < -0.39 is 0 Å². The van der Waals surface area contributed by atoms with Gasteiger partial charge in [0.2, 0.25) is 0 Å². The van der Waals surface area contributed by atoms with Gasteiger partial charge in [0.15, 0.2) is 0 Å². The Morgan fingerprint density at radius 3 is 2.70 bits per heavy atom. The fraction of sp³-hybridized carbons (Fsp3) is 0.190. The lowest BCUT2D eigenvalue weighted by molar-refractivity contribution is 0.101. The number of benzene rings is 1. The molecule has 0 aliphatic carbocycles. The molecule has 0 aliphatic rings. The minimum Gasteiger partial charge on any atom is -0.324 e. The first-order valence-electron chi connectivity index (χ1n) is 8.88. The molecule has 3 heterocycles. The van der Waals surface area contributed by atoms with Crippen LogP contribution < -0.4 is 10.9 Å². The van der Waals surface area contributed by atoms with E-state index in [-0.39, 0.29) is 11.5 Å². The smallest absolute Gasteiger partial charge is 0.272 e. The second-order valence-electron chi connectivity index (χ2n) is 6.59. The zero-order valence-electron chi connectivity index (χ0n) is 15.5. The normalized spacial score (nSPS) is 11.2. The topological polar surface area (TPSA) is 68.4 Å². The zero-order valence-corrected chi connectivity index (χ0v) is 15.5. The number of fused-ring (bicyclic) bond motifs is 2. The Kier molecular flexibility index (Phi) is 4.03. The highest BCUT2D eigenvalue weighted by atomic mass is 16.2. The first-order chi connectivity index (χ1) is 13.0. The summed E-state index contributed by atoms with van der Waals surface area (Å²) in [5.41, 5.74) is 4.06. The summed E-state index contributed by atoms with van der Waals surface area (Å²) in [4.78, 5) is 30.4. The average Bonchev–Trinajstić information content (AvgIpc) is 3.00. The highest BCUT2D eigenvalue weighted by Crippen LogP contribution is 2.20. The molecular weight excluding hydrogens is 340 g/mol. The van der Waals surface area contributed by atoms with Crippen LogP contribution in [0.5, 0.6) is 0 Å². The number of carbonyl (C=O) groups excluding carboxylic acids is 1. The van der Waals surface area contributed by atoms with E-state index in [0.717, 1.165) is 23.2 Å². The van der Waals surface area contributed by atoms with Crippen LogP contribution in [0.25, 0.3) is 16.7 Å². The Morgan fingerprint density at radius 1 is 1.15 bits per heavy atom. The van der Waals surface area contributed by atoms with Crippen molar-refractivity contribution in [1.82, 2.24) is 14.0 Å². The summed E-state index contributed by atoms with van der Waals surface area (Å²) in [6.45, 7) is 3.95. The number of aromatic nitrogens is 3. The molecule has 0 saturated heterocycles. The van der Waals surface area contributed by atoms with Gasteiger partial charge in [0.25, 0.3) is 11.5 Å². The number of hydrogen-bond acceptors (Lipinski definition) is 3. The maximum Gasteiger partial charge on any atom is 0.272 e. The predicted molar refractivity (Wildman–Crippen MR) is 106 cm³/mol. The summed E-state index contributed by atoms with van der Waals surface area (Å²) >= 11 is 0. The molecule has 136 valence electrons. The predicted octanol–water partition coefficient (Wildman–Crippen LogP) is 3.31. The SMILES string of the molecule is CCc1ccccc1NC(=O)c1cc2c(=O)n3cccc(C)c3nc2n1C. The van der Waals surface area contributed by atoms with Crippen molar-refractivity contribution in [3.8, 4) is 0 Å². The van der Waals surface area contributed by atoms with Crippen molar-refractivity contribution in [3.05, 3.63) is 75.8 Å². The summed E-state index contributed by atoms with van der Waals surface area (Å²) in [6, 6.07) is 13.0. The maximum atomic E-state index is 12.9. The number of anilines is 1. The number of pyridine rings is 1. The third kappa shape index (κ3) is 2.70. The Bertz CT molecular complexity index is 1250. The third-order valence-electron chi connectivity index (χ3n) is 4.90. The molecule has 0 atom stereocenters. The summed E-state index contributed by atoms with van der Waals surface area (Å²) in [5.74, 6) is -0.262. The Hall–Kier alpha value is -3.41. The molecule has 4 rings (SSSR count). The first kappa shape index (κ1) is 17.0. The fourth-order valence-electron chi connectivity index (χ4n) is 3.38. The van der Waals surface area contributed by atoms with Crippen molar-refractivity contribution < 1.29 is 4.79 Å². The molecule has 6 heteroatoms. The van der Waals surface area contributed by atoms with E-state index in [4.69, 9.17) is 0 Å². The van der Waals surface area contributed by atoms with Crippen molar-refractivity contribution >= 4 is 28.3 Å². The molecule has 0 saturated carbocycles. The van der Waals surface area contributed by atoms with Gasteiger partial charge in [-0.2, -0.15) is 0 Å². The maximum absolute atomic E-state index is 12.9. The lowest BCUT2D eigenvalue weighted by atomic mass is 10.1. The van der Waals surface area contributed by atoms with Crippen LogP contribution in [-0.2, 0) is 13.5 Å². The van der Waals surface area contributed by atoms with Gasteiger partial charge >= 0.3 is 0 Å². The van der Waals surface area contributed by atoms with Gasteiger partial charge in [0, 0.05) is 18.9 Å². The Balaban J connectivity index is 1.85. The minimum atomic E-state index is -0.262. The average molecular weight is 360 g/mol. The lowest BCUT2D eigenvalue weighted by Crippen LogP contribution is -2.17. The number of para-hydroxylation sites is 1. The monoisotopic (exact) mass is 360 g/mol. The zero-order chi connectivity index (χ0) is 19.1. The molecule has 4 aromatic rings. The van der Waals surface area contributed by atoms with Crippen LogP contribution in [-0.4, -0.2) is 19.9 Å². The number of carbonyl (C=O) groups is 1.